The van der Waals surface area contributed by atoms with Gasteiger partial charge in [-0.15, -0.1) is 0 Å². The summed E-state index contributed by atoms with van der Waals surface area (Å²) in [6, 6.07) is 16.1. The van der Waals surface area contributed by atoms with Crippen LogP contribution in [0.15, 0.2) is 46.9 Å². The quantitative estimate of drug-likeness (QED) is 0.921. The summed E-state index contributed by atoms with van der Waals surface area (Å²) in [7, 11) is 4.04. The highest BCUT2D eigenvalue weighted by Crippen LogP contribution is 2.22. The average molecular weight is 330 g/mol. The van der Waals surface area contributed by atoms with Gasteiger partial charge >= 0.3 is 0 Å². The molecule has 0 amide bonds. The molecule has 0 radical (unpaired) electrons. The topological polar surface area (TPSA) is 39.1 Å². The van der Waals surface area contributed by atoms with Crippen molar-refractivity contribution in [3.05, 3.63) is 58.1 Å². The van der Waals surface area contributed by atoms with E-state index in [4.69, 9.17) is 5.26 Å². The summed E-state index contributed by atoms with van der Waals surface area (Å²) in [5.74, 6) is 0. The van der Waals surface area contributed by atoms with Crippen LogP contribution in [0.1, 0.15) is 11.1 Å². The van der Waals surface area contributed by atoms with E-state index in [9.17, 15) is 0 Å². The maximum Gasteiger partial charge on any atom is 0.101 e. The number of benzene rings is 2. The lowest BCUT2D eigenvalue weighted by Gasteiger charge is -2.13. The largest absolute Gasteiger partial charge is 0.380 e. The number of nitrogens with zero attached hydrogens (tertiary/aromatic N) is 2. The maximum atomic E-state index is 9.09. The van der Waals surface area contributed by atoms with Gasteiger partial charge in [0.15, 0.2) is 0 Å². The first-order chi connectivity index (χ1) is 9.60. The fourth-order valence-corrected chi connectivity index (χ4v) is 2.23. The van der Waals surface area contributed by atoms with Crippen LogP contribution in [-0.2, 0) is 6.54 Å². The standard InChI is InChI=1S/C16H16BrN3/c1-20(2)15-7-3-12(4-8-15)11-19-16-9-14(17)6-5-13(16)10-18/h3-9,19H,11H2,1-2H3. The number of rotatable bonds is 4. The van der Waals surface area contributed by atoms with E-state index in [1.54, 1.807) is 0 Å². The van der Waals surface area contributed by atoms with Crippen molar-refractivity contribution in [2.24, 2.45) is 0 Å². The molecule has 2 rings (SSSR count). The Morgan fingerprint density at radius 3 is 2.45 bits per heavy atom. The third-order valence-corrected chi connectivity index (χ3v) is 3.53. The predicted octanol–water partition coefficient (Wildman–Crippen LogP) is 4.00. The van der Waals surface area contributed by atoms with Gasteiger partial charge in [-0.25, -0.2) is 0 Å². The van der Waals surface area contributed by atoms with Crippen molar-refractivity contribution in [1.29, 1.82) is 5.26 Å². The van der Waals surface area contributed by atoms with Crippen molar-refractivity contribution >= 4 is 27.3 Å². The smallest absolute Gasteiger partial charge is 0.101 e. The SMILES string of the molecule is CN(C)c1ccc(CNc2cc(Br)ccc2C#N)cc1. The number of hydrogen-bond donors (Lipinski definition) is 1. The molecule has 20 heavy (non-hydrogen) atoms. The van der Waals surface area contributed by atoms with E-state index < -0.39 is 0 Å². The van der Waals surface area contributed by atoms with Gasteiger partial charge in [0.05, 0.1) is 11.3 Å². The lowest BCUT2D eigenvalue weighted by Crippen LogP contribution is -2.08. The molecule has 0 aromatic heterocycles. The summed E-state index contributed by atoms with van der Waals surface area (Å²) < 4.78 is 0.960. The molecule has 0 unspecified atom stereocenters. The number of anilines is 2. The molecule has 0 bridgehead atoms. The molecule has 0 atom stereocenters. The van der Waals surface area contributed by atoms with Gasteiger partial charge in [0, 0.05) is 30.8 Å². The highest BCUT2D eigenvalue weighted by Gasteiger charge is 2.03. The average Bonchev–Trinajstić information content (AvgIpc) is 2.45. The van der Waals surface area contributed by atoms with Gasteiger partial charge in [0.2, 0.25) is 0 Å². The van der Waals surface area contributed by atoms with Crippen LogP contribution in [0.2, 0.25) is 0 Å². The second-order valence-electron chi connectivity index (χ2n) is 4.72. The molecule has 0 saturated carbocycles. The van der Waals surface area contributed by atoms with Gasteiger partial charge in [-0.1, -0.05) is 28.1 Å². The molecule has 0 saturated heterocycles. The summed E-state index contributed by atoms with van der Waals surface area (Å²) in [4.78, 5) is 2.07. The lowest BCUT2D eigenvalue weighted by atomic mass is 10.1. The van der Waals surface area contributed by atoms with Crippen LogP contribution in [0.5, 0.6) is 0 Å². The fraction of sp³-hybridized carbons (Fsp3) is 0.188. The minimum absolute atomic E-state index is 0.651. The third-order valence-electron chi connectivity index (χ3n) is 3.04. The highest BCUT2D eigenvalue weighted by atomic mass is 79.9. The summed E-state index contributed by atoms with van der Waals surface area (Å²) in [6.07, 6.45) is 0. The summed E-state index contributed by atoms with van der Waals surface area (Å²) in [5, 5.41) is 12.4. The van der Waals surface area contributed by atoms with Gasteiger partial charge < -0.3 is 10.2 Å². The van der Waals surface area contributed by atoms with Crippen molar-refractivity contribution in [2.45, 2.75) is 6.54 Å². The molecule has 2 aromatic carbocycles. The summed E-state index contributed by atoms with van der Waals surface area (Å²) >= 11 is 3.42. The molecule has 0 aliphatic rings. The van der Waals surface area contributed by atoms with E-state index in [2.05, 4.69) is 56.5 Å². The van der Waals surface area contributed by atoms with Crippen molar-refractivity contribution < 1.29 is 0 Å². The molecule has 0 heterocycles. The zero-order valence-corrected chi connectivity index (χ0v) is 13.1. The van der Waals surface area contributed by atoms with Gasteiger partial charge in [-0.3, -0.25) is 0 Å². The van der Waals surface area contributed by atoms with Crippen LogP contribution in [0.4, 0.5) is 11.4 Å². The molecular formula is C16H16BrN3. The Balaban J connectivity index is 2.09. The Hall–Kier alpha value is -1.99. The normalized spacial score (nSPS) is 9.90. The Morgan fingerprint density at radius 1 is 1.15 bits per heavy atom. The predicted molar refractivity (Wildman–Crippen MR) is 87.0 cm³/mol. The first kappa shape index (κ1) is 14.4. The van der Waals surface area contributed by atoms with Crippen LogP contribution in [-0.4, -0.2) is 14.1 Å². The van der Waals surface area contributed by atoms with Crippen LogP contribution in [0, 0.1) is 11.3 Å². The van der Waals surface area contributed by atoms with Crippen LogP contribution >= 0.6 is 15.9 Å². The first-order valence-corrected chi connectivity index (χ1v) is 7.09. The minimum Gasteiger partial charge on any atom is -0.380 e. The Morgan fingerprint density at radius 2 is 1.85 bits per heavy atom. The second kappa shape index (κ2) is 6.44. The second-order valence-corrected chi connectivity index (χ2v) is 5.63. The van der Waals surface area contributed by atoms with Crippen LogP contribution in [0.25, 0.3) is 0 Å². The number of nitrogens with one attached hydrogen (secondary N) is 1. The molecule has 0 fully saturated rings. The highest BCUT2D eigenvalue weighted by molar-refractivity contribution is 9.10. The van der Waals surface area contributed by atoms with Crippen molar-refractivity contribution in [3.8, 4) is 6.07 Å². The number of hydrogen-bond acceptors (Lipinski definition) is 3. The van der Waals surface area contributed by atoms with Gasteiger partial charge in [0.1, 0.15) is 6.07 Å². The Bertz CT molecular complexity index is 627. The zero-order chi connectivity index (χ0) is 14.5. The minimum atomic E-state index is 0.651. The number of halogens is 1. The molecule has 3 nitrogen and oxygen atoms in total. The Kier molecular flexibility index (Phi) is 4.65. The lowest BCUT2D eigenvalue weighted by molar-refractivity contribution is 1.11. The molecule has 0 aliphatic heterocycles. The van der Waals surface area contributed by atoms with E-state index in [-0.39, 0.29) is 0 Å². The summed E-state index contributed by atoms with van der Waals surface area (Å²) in [6.45, 7) is 0.693. The monoisotopic (exact) mass is 329 g/mol. The Labute approximate surface area is 128 Å². The van der Waals surface area contributed by atoms with E-state index in [1.807, 2.05) is 32.3 Å². The third kappa shape index (κ3) is 3.52. The van der Waals surface area contributed by atoms with Crippen molar-refractivity contribution in [1.82, 2.24) is 0 Å². The van der Waals surface area contributed by atoms with Gasteiger partial charge in [-0.05, 0) is 35.9 Å². The van der Waals surface area contributed by atoms with Crippen molar-refractivity contribution in [3.63, 3.8) is 0 Å². The van der Waals surface area contributed by atoms with E-state index >= 15 is 0 Å². The summed E-state index contributed by atoms with van der Waals surface area (Å²) in [5.41, 5.74) is 3.85. The van der Waals surface area contributed by atoms with Gasteiger partial charge in [0.25, 0.3) is 0 Å². The molecule has 1 N–H and O–H groups in total. The van der Waals surface area contributed by atoms with E-state index in [0.717, 1.165) is 10.2 Å². The molecule has 2 aromatic rings. The molecular weight excluding hydrogens is 314 g/mol. The van der Waals surface area contributed by atoms with Crippen LogP contribution < -0.4 is 10.2 Å². The van der Waals surface area contributed by atoms with Crippen molar-refractivity contribution in [2.75, 3.05) is 24.3 Å². The number of nitriles is 1. The van der Waals surface area contributed by atoms with Crippen LogP contribution in [0.3, 0.4) is 0 Å². The zero-order valence-electron chi connectivity index (χ0n) is 11.5. The first-order valence-electron chi connectivity index (χ1n) is 6.30. The molecule has 0 aliphatic carbocycles. The van der Waals surface area contributed by atoms with Gasteiger partial charge in [-0.2, -0.15) is 5.26 Å². The molecule has 102 valence electrons. The van der Waals surface area contributed by atoms with E-state index in [0.29, 0.717) is 12.1 Å². The molecule has 4 heteroatoms. The molecule has 0 spiro atoms. The fourth-order valence-electron chi connectivity index (χ4n) is 1.87. The van der Waals surface area contributed by atoms with E-state index in [1.165, 1.54) is 11.3 Å². The maximum absolute atomic E-state index is 9.09.